The minimum absolute atomic E-state index is 0.118. The van der Waals surface area contributed by atoms with Crippen LogP contribution >= 0.6 is 23.1 Å². The van der Waals surface area contributed by atoms with E-state index in [9.17, 15) is 9.59 Å². The molecule has 2 aromatic heterocycles. The van der Waals surface area contributed by atoms with Crippen LogP contribution < -0.4 is 10.9 Å². The van der Waals surface area contributed by atoms with Gasteiger partial charge in [0.05, 0.1) is 15.4 Å². The summed E-state index contributed by atoms with van der Waals surface area (Å²) < 4.78 is 2.00. The number of amides is 1. The van der Waals surface area contributed by atoms with Gasteiger partial charge in [0, 0.05) is 17.4 Å². The second-order valence-electron chi connectivity index (χ2n) is 6.56. The first-order valence-corrected chi connectivity index (χ1v) is 10.7. The summed E-state index contributed by atoms with van der Waals surface area (Å²) in [6.45, 7) is 6.22. The molecule has 0 aliphatic heterocycles. The van der Waals surface area contributed by atoms with Gasteiger partial charge in [-0.3, -0.25) is 9.59 Å². The topological polar surface area (TPSA) is 76.9 Å². The van der Waals surface area contributed by atoms with Crippen LogP contribution in [0.4, 0.5) is 0 Å². The number of carbonyl (C=O) groups is 1. The fraction of sp³-hybridized carbons (Fsp3) is 0.368. The van der Waals surface area contributed by atoms with Crippen LogP contribution in [0.3, 0.4) is 0 Å². The summed E-state index contributed by atoms with van der Waals surface area (Å²) in [5, 5.41) is 8.05. The van der Waals surface area contributed by atoms with E-state index in [1.165, 1.54) is 20.9 Å². The summed E-state index contributed by atoms with van der Waals surface area (Å²) in [6.07, 6.45) is 2.02. The Balaban J connectivity index is 1.74. The predicted molar refractivity (Wildman–Crippen MR) is 111 cm³/mol. The first-order valence-electron chi connectivity index (χ1n) is 8.66. The molecule has 8 heteroatoms. The van der Waals surface area contributed by atoms with Gasteiger partial charge in [0.25, 0.3) is 5.56 Å². The smallest absolute Gasteiger partial charge is 0.294 e. The van der Waals surface area contributed by atoms with Crippen molar-refractivity contribution in [2.75, 3.05) is 6.26 Å². The third-order valence-corrected chi connectivity index (χ3v) is 6.32. The quantitative estimate of drug-likeness (QED) is 0.640. The predicted octanol–water partition coefficient (Wildman–Crippen LogP) is 3.32. The molecule has 0 aliphatic carbocycles. The molecule has 3 rings (SSSR count). The summed E-state index contributed by atoms with van der Waals surface area (Å²) in [4.78, 5) is 30.6. The van der Waals surface area contributed by atoms with Crippen LogP contribution in [0.25, 0.3) is 10.2 Å². The van der Waals surface area contributed by atoms with Crippen LogP contribution in [-0.2, 0) is 17.9 Å². The molecule has 2 heterocycles. The molecule has 27 heavy (non-hydrogen) atoms. The van der Waals surface area contributed by atoms with Gasteiger partial charge >= 0.3 is 0 Å². The molecule has 0 saturated carbocycles. The highest BCUT2D eigenvalue weighted by Gasteiger charge is 2.16. The molecule has 0 aliphatic rings. The Hall–Kier alpha value is -2.19. The minimum atomic E-state index is -0.321. The third kappa shape index (κ3) is 4.39. The lowest BCUT2D eigenvalue weighted by molar-refractivity contribution is -0.122. The lowest BCUT2D eigenvalue weighted by atomic mass is 10.2. The van der Waals surface area contributed by atoms with Gasteiger partial charge in [0.15, 0.2) is 5.52 Å². The molecule has 0 unspecified atom stereocenters. The van der Waals surface area contributed by atoms with Gasteiger partial charge in [-0.1, -0.05) is 26.0 Å². The molecular formula is C19H22N4O2S2. The number of nitrogens with one attached hydrogen (secondary N) is 1. The number of benzene rings is 1. The lowest BCUT2D eigenvalue weighted by Crippen LogP contribution is -2.33. The average molecular weight is 403 g/mol. The number of thiazole rings is 1. The van der Waals surface area contributed by atoms with Gasteiger partial charge < -0.3 is 5.32 Å². The van der Waals surface area contributed by atoms with Crippen molar-refractivity contribution in [2.24, 2.45) is 0 Å². The van der Waals surface area contributed by atoms with E-state index in [2.05, 4.69) is 15.4 Å². The van der Waals surface area contributed by atoms with Gasteiger partial charge in [0.2, 0.25) is 5.91 Å². The van der Waals surface area contributed by atoms with E-state index in [-0.39, 0.29) is 23.9 Å². The maximum Gasteiger partial charge on any atom is 0.294 e. The highest BCUT2D eigenvalue weighted by atomic mass is 32.2. The van der Waals surface area contributed by atoms with Crippen molar-refractivity contribution in [3.8, 4) is 0 Å². The normalized spacial score (nSPS) is 11.3. The summed E-state index contributed by atoms with van der Waals surface area (Å²) in [6, 6.07) is 8.00. The Morgan fingerprint density at radius 2 is 2.00 bits per heavy atom. The number of hydrogen-bond donors (Lipinski definition) is 1. The Kier molecular flexibility index (Phi) is 5.96. The molecule has 0 atom stereocenters. The van der Waals surface area contributed by atoms with E-state index in [0.29, 0.717) is 12.1 Å². The van der Waals surface area contributed by atoms with Crippen molar-refractivity contribution in [1.82, 2.24) is 20.1 Å². The third-order valence-electron chi connectivity index (χ3n) is 4.12. The van der Waals surface area contributed by atoms with Crippen molar-refractivity contribution in [1.29, 1.82) is 0 Å². The minimum Gasteiger partial charge on any atom is -0.350 e. The summed E-state index contributed by atoms with van der Waals surface area (Å²) >= 11 is 3.17. The molecule has 0 radical (unpaired) electrons. The summed E-state index contributed by atoms with van der Waals surface area (Å²) in [5.41, 5.74) is 1.80. The molecule has 0 bridgehead atoms. The maximum atomic E-state index is 12.7. The summed E-state index contributed by atoms with van der Waals surface area (Å²) in [7, 11) is 0. The lowest BCUT2D eigenvalue weighted by Gasteiger charge is -2.08. The van der Waals surface area contributed by atoms with E-state index in [4.69, 9.17) is 0 Å². The van der Waals surface area contributed by atoms with Crippen molar-refractivity contribution in [3.63, 3.8) is 0 Å². The van der Waals surface area contributed by atoms with Crippen LogP contribution in [0.5, 0.6) is 0 Å². The number of thioether (sulfide) groups is 1. The molecule has 1 N–H and O–H groups in total. The second-order valence-corrected chi connectivity index (χ2v) is 8.47. The van der Waals surface area contributed by atoms with Crippen LogP contribution in [0.15, 0.2) is 34.0 Å². The van der Waals surface area contributed by atoms with Crippen molar-refractivity contribution < 1.29 is 4.79 Å². The van der Waals surface area contributed by atoms with Gasteiger partial charge in [-0.05, 0) is 30.9 Å². The Bertz CT molecular complexity index is 1020. The summed E-state index contributed by atoms with van der Waals surface area (Å²) in [5.74, 6) is -0.00736. The standard InChI is InChI=1S/C19H22N4O2S2/c1-11(2)18-21-16-17(27-18)12(3)22-23(19(16)25)10-15(24)20-9-13-5-7-14(26-4)8-6-13/h5-8,11H,9-10H2,1-4H3,(H,20,24). The number of rotatable bonds is 6. The SMILES string of the molecule is CSc1ccc(CNC(=O)Cn2nc(C)c3sc(C(C)C)nc3c2=O)cc1. The monoisotopic (exact) mass is 402 g/mol. The van der Waals surface area contributed by atoms with E-state index in [1.807, 2.05) is 51.3 Å². The van der Waals surface area contributed by atoms with Crippen LogP contribution in [0, 0.1) is 6.92 Å². The number of nitrogens with zero attached hydrogens (tertiary/aromatic N) is 3. The first kappa shape index (κ1) is 19.6. The van der Waals surface area contributed by atoms with Crippen molar-refractivity contribution in [2.45, 2.75) is 44.7 Å². The molecule has 0 saturated heterocycles. The van der Waals surface area contributed by atoms with Crippen LogP contribution in [0.2, 0.25) is 0 Å². The number of carbonyl (C=O) groups excluding carboxylic acids is 1. The number of aromatic nitrogens is 3. The fourth-order valence-corrected chi connectivity index (χ4v) is 4.02. The number of hydrogen-bond acceptors (Lipinski definition) is 6. The zero-order valence-electron chi connectivity index (χ0n) is 15.8. The van der Waals surface area contributed by atoms with E-state index >= 15 is 0 Å². The Labute approximate surface area is 166 Å². The van der Waals surface area contributed by atoms with Crippen molar-refractivity contribution in [3.05, 3.63) is 50.9 Å². The van der Waals surface area contributed by atoms with Gasteiger partial charge in [-0.25, -0.2) is 9.67 Å². The van der Waals surface area contributed by atoms with E-state index in [1.54, 1.807) is 11.8 Å². The number of aryl methyl sites for hydroxylation is 1. The van der Waals surface area contributed by atoms with Crippen LogP contribution in [-0.4, -0.2) is 26.9 Å². The van der Waals surface area contributed by atoms with E-state index in [0.717, 1.165) is 21.0 Å². The molecule has 0 spiro atoms. The zero-order chi connectivity index (χ0) is 19.6. The van der Waals surface area contributed by atoms with Gasteiger partial charge in [-0.2, -0.15) is 5.10 Å². The molecular weight excluding hydrogens is 380 g/mol. The van der Waals surface area contributed by atoms with Gasteiger partial charge in [0.1, 0.15) is 6.54 Å². The largest absolute Gasteiger partial charge is 0.350 e. The Morgan fingerprint density at radius 3 is 2.63 bits per heavy atom. The highest BCUT2D eigenvalue weighted by Crippen LogP contribution is 2.26. The van der Waals surface area contributed by atoms with Crippen molar-refractivity contribution >= 4 is 39.2 Å². The zero-order valence-corrected chi connectivity index (χ0v) is 17.4. The maximum absolute atomic E-state index is 12.7. The molecule has 1 amide bonds. The fourth-order valence-electron chi connectivity index (χ4n) is 2.61. The van der Waals surface area contributed by atoms with Gasteiger partial charge in [-0.15, -0.1) is 23.1 Å². The molecule has 1 aromatic carbocycles. The number of fused-ring (bicyclic) bond motifs is 1. The molecule has 0 fully saturated rings. The molecule has 6 nitrogen and oxygen atoms in total. The molecule has 142 valence electrons. The molecule has 3 aromatic rings. The average Bonchev–Trinajstić information content (AvgIpc) is 3.11. The van der Waals surface area contributed by atoms with E-state index < -0.39 is 0 Å². The second kappa shape index (κ2) is 8.22. The van der Waals surface area contributed by atoms with Crippen LogP contribution in [0.1, 0.15) is 36.0 Å². The highest BCUT2D eigenvalue weighted by molar-refractivity contribution is 7.98. The Morgan fingerprint density at radius 1 is 1.30 bits per heavy atom. The first-order chi connectivity index (χ1) is 12.9.